The summed E-state index contributed by atoms with van der Waals surface area (Å²) < 4.78 is 0.833. The van der Waals surface area contributed by atoms with Crippen LogP contribution in [0.4, 0.5) is 5.69 Å². The summed E-state index contributed by atoms with van der Waals surface area (Å²) in [6.45, 7) is 4.33. The number of carbonyl (C=O) groups is 3. The Kier molecular flexibility index (Phi) is 3.77. The van der Waals surface area contributed by atoms with E-state index in [1.165, 1.54) is 4.90 Å². The van der Waals surface area contributed by atoms with Gasteiger partial charge in [-0.25, -0.2) is 0 Å². The van der Waals surface area contributed by atoms with Gasteiger partial charge in [0.2, 0.25) is 17.7 Å². The van der Waals surface area contributed by atoms with E-state index in [2.05, 4.69) is 26.6 Å². The molecule has 1 aromatic carbocycles. The molecule has 2 unspecified atom stereocenters. The smallest absolute Gasteiger partial charge is 0.250 e. The zero-order chi connectivity index (χ0) is 17.9. The van der Waals surface area contributed by atoms with Crippen molar-refractivity contribution in [3.8, 4) is 0 Å². The first-order chi connectivity index (χ1) is 11.9. The summed E-state index contributed by atoms with van der Waals surface area (Å²) in [5.74, 6) is -1.83. The molecular formula is C18H20BrN3O3. The van der Waals surface area contributed by atoms with E-state index in [-0.39, 0.29) is 23.8 Å². The maximum atomic E-state index is 13.1. The van der Waals surface area contributed by atoms with Crippen molar-refractivity contribution in [2.75, 3.05) is 11.9 Å². The van der Waals surface area contributed by atoms with Crippen molar-refractivity contribution in [2.24, 2.45) is 11.8 Å². The number of hydrogen-bond acceptors (Lipinski definition) is 4. The van der Waals surface area contributed by atoms with Crippen molar-refractivity contribution in [3.63, 3.8) is 0 Å². The number of nitrogens with one attached hydrogen (secondary N) is 2. The van der Waals surface area contributed by atoms with Gasteiger partial charge in [0.25, 0.3) is 0 Å². The predicted molar refractivity (Wildman–Crippen MR) is 95.7 cm³/mol. The van der Waals surface area contributed by atoms with Crippen LogP contribution in [0.2, 0.25) is 0 Å². The zero-order valence-electron chi connectivity index (χ0n) is 14.1. The van der Waals surface area contributed by atoms with Gasteiger partial charge in [0.15, 0.2) is 0 Å². The molecule has 3 aliphatic heterocycles. The molecular weight excluding hydrogens is 386 g/mol. The Morgan fingerprint density at radius 3 is 2.72 bits per heavy atom. The lowest BCUT2D eigenvalue weighted by atomic mass is 9.76. The van der Waals surface area contributed by atoms with Crippen LogP contribution in [0.3, 0.4) is 0 Å². The molecule has 0 aromatic heterocycles. The van der Waals surface area contributed by atoms with Gasteiger partial charge in [0.05, 0.1) is 11.8 Å². The summed E-state index contributed by atoms with van der Waals surface area (Å²) in [5.41, 5.74) is 0.266. The Bertz CT molecular complexity index is 796. The van der Waals surface area contributed by atoms with E-state index in [1.807, 2.05) is 32.0 Å². The zero-order valence-corrected chi connectivity index (χ0v) is 15.7. The van der Waals surface area contributed by atoms with Crippen molar-refractivity contribution in [1.29, 1.82) is 0 Å². The molecule has 1 spiro atoms. The molecule has 6 nitrogen and oxygen atoms in total. The molecule has 0 radical (unpaired) electrons. The lowest BCUT2D eigenvalue weighted by Crippen LogP contribution is -2.53. The summed E-state index contributed by atoms with van der Waals surface area (Å²) in [7, 11) is 0. The highest BCUT2D eigenvalue weighted by atomic mass is 79.9. The minimum atomic E-state index is -1.17. The average molecular weight is 406 g/mol. The largest absolute Gasteiger partial charge is 0.324 e. The third-order valence-corrected chi connectivity index (χ3v) is 6.14. The van der Waals surface area contributed by atoms with Gasteiger partial charge in [-0.15, -0.1) is 0 Å². The molecule has 3 amide bonds. The highest BCUT2D eigenvalue weighted by molar-refractivity contribution is 9.10. The number of hydrogen-bond donors (Lipinski definition) is 2. The molecule has 3 aliphatic rings. The molecule has 2 fully saturated rings. The Morgan fingerprint density at radius 2 is 2.00 bits per heavy atom. The summed E-state index contributed by atoms with van der Waals surface area (Å²) >= 11 is 3.45. The van der Waals surface area contributed by atoms with Gasteiger partial charge in [0.1, 0.15) is 5.54 Å². The van der Waals surface area contributed by atoms with Crippen LogP contribution >= 0.6 is 15.9 Å². The second kappa shape index (κ2) is 5.64. The number of benzene rings is 1. The van der Waals surface area contributed by atoms with Crippen LogP contribution in [-0.4, -0.2) is 35.2 Å². The molecule has 3 heterocycles. The fourth-order valence-corrected chi connectivity index (χ4v) is 4.89. The van der Waals surface area contributed by atoms with Crippen LogP contribution < -0.4 is 10.6 Å². The van der Waals surface area contributed by atoms with E-state index in [0.717, 1.165) is 22.9 Å². The van der Waals surface area contributed by atoms with Gasteiger partial charge in [-0.1, -0.05) is 29.3 Å². The molecule has 2 N–H and O–H groups in total. The first-order valence-electron chi connectivity index (χ1n) is 8.66. The molecule has 7 heteroatoms. The minimum absolute atomic E-state index is 0.156. The fourth-order valence-electron chi connectivity index (χ4n) is 4.53. The van der Waals surface area contributed by atoms with Crippen molar-refractivity contribution in [1.82, 2.24) is 10.2 Å². The predicted octanol–water partition coefficient (Wildman–Crippen LogP) is 1.99. The second-order valence-electron chi connectivity index (χ2n) is 7.07. The Hall–Kier alpha value is -1.73. The lowest BCUT2D eigenvalue weighted by Gasteiger charge is -2.29. The summed E-state index contributed by atoms with van der Waals surface area (Å²) in [6, 6.07) is 5.29. The molecule has 4 atom stereocenters. The van der Waals surface area contributed by atoms with E-state index in [1.54, 1.807) is 0 Å². The van der Waals surface area contributed by atoms with Crippen LogP contribution in [-0.2, 0) is 19.9 Å². The molecule has 0 saturated carbocycles. The van der Waals surface area contributed by atoms with E-state index in [9.17, 15) is 14.4 Å². The normalized spacial score (nSPS) is 33.2. The number of imide groups is 1. The third-order valence-electron chi connectivity index (χ3n) is 5.65. The summed E-state index contributed by atoms with van der Waals surface area (Å²) in [6.07, 6.45) is 1.68. The maximum absolute atomic E-state index is 13.1. The average Bonchev–Trinajstić information content (AvgIpc) is 3.12. The second-order valence-corrected chi connectivity index (χ2v) is 7.99. The van der Waals surface area contributed by atoms with Crippen LogP contribution in [0.1, 0.15) is 32.3 Å². The number of rotatable bonds is 3. The number of unbranched alkanes of at least 4 members (excludes halogenated alkanes) is 1. The monoisotopic (exact) mass is 405 g/mol. The van der Waals surface area contributed by atoms with Gasteiger partial charge in [-0.3, -0.25) is 24.6 Å². The maximum Gasteiger partial charge on any atom is 0.250 e. The lowest BCUT2D eigenvalue weighted by molar-refractivity contribution is -0.142. The van der Waals surface area contributed by atoms with Gasteiger partial charge >= 0.3 is 0 Å². The standard InChI is InChI=1S/C18H20BrN3O3/c1-3-4-7-22-15(23)13-9(2)21-18(14(13)16(22)24)11-8-10(19)5-6-12(11)20-17(18)25/h5-6,8-9,13-14,21H,3-4,7H2,1-2H3,(H,20,25)/t9?,13-,14+,18?/m0/s1. The van der Waals surface area contributed by atoms with E-state index >= 15 is 0 Å². The topological polar surface area (TPSA) is 78.5 Å². The molecule has 1 aromatic rings. The number of likely N-dealkylation sites (tertiary alicyclic amines) is 1. The molecule has 25 heavy (non-hydrogen) atoms. The Balaban J connectivity index is 1.83. The SMILES string of the molecule is CCCCN1C(=O)[C@H]2C(C)NC3(C(=O)Nc4ccc(Br)cc43)[C@H]2C1=O. The summed E-state index contributed by atoms with van der Waals surface area (Å²) in [4.78, 5) is 40.3. The Morgan fingerprint density at radius 1 is 1.24 bits per heavy atom. The van der Waals surface area contributed by atoms with E-state index in [0.29, 0.717) is 12.2 Å². The highest BCUT2D eigenvalue weighted by Crippen LogP contribution is 2.53. The Labute approximate surface area is 154 Å². The van der Waals surface area contributed by atoms with Crippen LogP contribution in [0.5, 0.6) is 0 Å². The van der Waals surface area contributed by atoms with E-state index in [4.69, 9.17) is 0 Å². The van der Waals surface area contributed by atoms with Crippen molar-refractivity contribution < 1.29 is 14.4 Å². The van der Waals surface area contributed by atoms with Crippen LogP contribution in [0.15, 0.2) is 22.7 Å². The third kappa shape index (κ3) is 2.08. The number of fused-ring (bicyclic) bond motifs is 4. The highest BCUT2D eigenvalue weighted by Gasteiger charge is 2.69. The first-order valence-corrected chi connectivity index (χ1v) is 9.45. The van der Waals surface area contributed by atoms with Crippen molar-refractivity contribution in [3.05, 3.63) is 28.2 Å². The fraction of sp³-hybridized carbons (Fsp3) is 0.500. The number of amides is 3. The van der Waals surface area contributed by atoms with Crippen molar-refractivity contribution >= 4 is 39.3 Å². The quantitative estimate of drug-likeness (QED) is 0.753. The molecule has 2 saturated heterocycles. The molecule has 132 valence electrons. The molecule has 4 rings (SSSR count). The number of carbonyl (C=O) groups excluding carboxylic acids is 3. The van der Waals surface area contributed by atoms with Gasteiger partial charge in [0, 0.05) is 28.3 Å². The van der Waals surface area contributed by atoms with E-state index < -0.39 is 17.4 Å². The van der Waals surface area contributed by atoms with Gasteiger partial charge < -0.3 is 5.32 Å². The number of nitrogens with zero attached hydrogens (tertiary/aromatic N) is 1. The molecule has 0 aliphatic carbocycles. The van der Waals surface area contributed by atoms with Gasteiger partial charge in [-0.2, -0.15) is 0 Å². The van der Waals surface area contributed by atoms with Crippen LogP contribution in [0.25, 0.3) is 0 Å². The number of anilines is 1. The minimum Gasteiger partial charge on any atom is -0.324 e. The van der Waals surface area contributed by atoms with Crippen molar-refractivity contribution in [2.45, 2.75) is 38.3 Å². The first kappa shape index (κ1) is 16.7. The summed E-state index contributed by atoms with van der Waals surface area (Å²) in [5, 5.41) is 6.18. The van der Waals surface area contributed by atoms with Gasteiger partial charge in [-0.05, 0) is 31.5 Å². The van der Waals surface area contributed by atoms with Crippen LogP contribution in [0, 0.1) is 11.8 Å². The molecule has 0 bridgehead atoms. The number of halogens is 1.